The molecule has 3 heteroatoms. The number of carbonyl (C=O) groups is 1. The maximum absolute atomic E-state index is 11.9. The normalized spacial score (nSPS) is 11.9. The van der Waals surface area contributed by atoms with Crippen molar-refractivity contribution in [2.45, 2.75) is 19.9 Å². The quantitative estimate of drug-likeness (QED) is 0.605. The van der Waals surface area contributed by atoms with Crippen LogP contribution in [0.25, 0.3) is 0 Å². The van der Waals surface area contributed by atoms with Gasteiger partial charge < -0.3 is 4.74 Å². The summed E-state index contributed by atoms with van der Waals surface area (Å²) >= 11 is 0. The minimum absolute atomic E-state index is 0.247. The molecule has 1 rings (SSSR count). The first-order valence-electron chi connectivity index (χ1n) is 5.77. The molecule has 1 aromatic rings. The summed E-state index contributed by atoms with van der Waals surface area (Å²) in [6.07, 6.45) is 1.73. The molecule has 0 spiro atoms. The molecule has 1 unspecified atom stereocenters. The summed E-state index contributed by atoms with van der Waals surface area (Å²) < 4.78 is 5.07. The summed E-state index contributed by atoms with van der Waals surface area (Å²) in [7, 11) is 0. The predicted molar refractivity (Wildman–Crippen MR) is 68.8 cm³/mol. The number of nitrogens with one attached hydrogen (secondary N) is 1. The highest BCUT2D eigenvalue weighted by Gasteiger charge is 2.21. The molecule has 17 heavy (non-hydrogen) atoms. The minimum atomic E-state index is -0.422. The Labute approximate surface area is 102 Å². The molecule has 3 nitrogen and oxygen atoms in total. The Morgan fingerprint density at radius 3 is 2.82 bits per heavy atom. The van der Waals surface area contributed by atoms with Crippen LogP contribution in [0, 0.1) is 6.92 Å². The zero-order chi connectivity index (χ0) is 12.7. The Bertz CT molecular complexity index is 388. The number of hydrogen-bond acceptors (Lipinski definition) is 3. The topological polar surface area (TPSA) is 38.3 Å². The number of carbonyl (C=O) groups excluding carboxylic acids is 1. The molecule has 0 aliphatic rings. The number of rotatable bonds is 6. The van der Waals surface area contributed by atoms with Gasteiger partial charge in [-0.25, -0.2) is 4.79 Å². The van der Waals surface area contributed by atoms with E-state index in [0.29, 0.717) is 13.2 Å². The van der Waals surface area contributed by atoms with Crippen molar-refractivity contribution in [3.05, 3.63) is 48.0 Å². The monoisotopic (exact) mass is 233 g/mol. The van der Waals surface area contributed by atoms with Gasteiger partial charge in [0.15, 0.2) is 0 Å². The largest absolute Gasteiger partial charge is 0.465 e. The van der Waals surface area contributed by atoms with Crippen molar-refractivity contribution < 1.29 is 9.53 Å². The van der Waals surface area contributed by atoms with Gasteiger partial charge in [-0.3, -0.25) is 5.32 Å². The molecule has 0 aliphatic carbocycles. The number of ether oxygens (including phenoxy) is 1. The highest BCUT2D eigenvalue weighted by Crippen LogP contribution is 2.18. The summed E-state index contributed by atoms with van der Waals surface area (Å²) in [6, 6.07) is 7.37. The molecule has 0 aliphatic heterocycles. The first-order valence-corrected chi connectivity index (χ1v) is 5.77. The molecule has 0 amide bonds. The van der Waals surface area contributed by atoms with Crippen LogP contribution in [0.5, 0.6) is 0 Å². The van der Waals surface area contributed by atoms with Crippen molar-refractivity contribution in [2.75, 3.05) is 13.2 Å². The van der Waals surface area contributed by atoms with Gasteiger partial charge >= 0.3 is 5.97 Å². The fourth-order valence-electron chi connectivity index (χ4n) is 1.66. The SMILES string of the molecule is C=CCNC(C(=O)OCC)c1ccccc1C. The van der Waals surface area contributed by atoms with E-state index in [9.17, 15) is 4.79 Å². The molecule has 0 saturated heterocycles. The fraction of sp³-hybridized carbons (Fsp3) is 0.357. The second-order valence-corrected chi connectivity index (χ2v) is 3.74. The Balaban J connectivity index is 2.93. The average molecular weight is 233 g/mol. The summed E-state index contributed by atoms with van der Waals surface area (Å²) in [6.45, 7) is 8.38. The summed E-state index contributed by atoms with van der Waals surface area (Å²) in [5.41, 5.74) is 2.02. The zero-order valence-corrected chi connectivity index (χ0v) is 10.4. The number of esters is 1. The van der Waals surface area contributed by atoms with Crippen molar-refractivity contribution in [1.29, 1.82) is 0 Å². The van der Waals surface area contributed by atoms with Gasteiger partial charge in [0.05, 0.1) is 6.61 Å². The zero-order valence-electron chi connectivity index (χ0n) is 10.4. The second-order valence-electron chi connectivity index (χ2n) is 3.74. The first kappa shape index (κ1) is 13.5. The molecule has 0 fully saturated rings. The van der Waals surface area contributed by atoms with Crippen LogP contribution in [0.4, 0.5) is 0 Å². The van der Waals surface area contributed by atoms with Crippen molar-refractivity contribution in [3.63, 3.8) is 0 Å². The van der Waals surface area contributed by atoms with Crippen LogP contribution in [-0.4, -0.2) is 19.1 Å². The van der Waals surface area contributed by atoms with Crippen LogP contribution in [0.3, 0.4) is 0 Å². The van der Waals surface area contributed by atoms with Gasteiger partial charge in [0.1, 0.15) is 6.04 Å². The summed E-state index contributed by atoms with van der Waals surface area (Å²) in [5.74, 6) is -0.247. The first-order chi connectivity index (χ1) is 8.20. The van der Waals surface area contributed by atoms with E-state index in [-0.39, 0.29) is 5.97 Å². The Morgan fingerprint density at radius 2 is 2.24 bits per heavy atom. The lowest BCUT2D eigenvalue weighted by atomic mass is 10.0. The van der Waals surface area contributed by atoms with Crippen LogP contribution >= 0.6 is 0 Å². The molecule has 92 valence electrons. The minimum Gasteiger partial charge on any atom is -0.465 e. The van der Waals surface area contributed by atoms with Gasteiger partial charge in [-0.15, -0.1) is 6.58 Å². The molecule has 0 bridgehead atoms. The van der Waals surface area contributed by atoms with Gasteiger partial charge in [-0.1, -0.05) is 30.3 Å². The number of hydrogen-bond donors (Lipinski definition) is 1. The second kappa shape index (κ2) is 6.86. The van der Waals surface area contributed by atoms with Crippen molar-refractivity contribution in [1.82, 2.24) is 5.32 Å². The van der Waals surface area contributed by atoms with Crippen molar-refractivity contribution in [2.24, 2.45) is 0 Å². The molecule has 0 heterocycles. The lowest BCUT2D eigenvalue weighted by Crippen LogP contribution is -2.30. The molecular formula is C14H19NO2. The molecule has 1 atom stereocenters. The highest BCUT2D eigenvalue weighted by molar-refractivity contribution is 5.78. The Kier molecular flexibility index (Phi) is 5.43. The molecule has 0 radical (unpaired) electrons. The summed E-state index contributed by atoms with van der Waals surface area (Å²) in [4.78, 5) is 11.9. The third-order valence-electron chi connectivity index (χ3n) is 2.49. The Hall–Kier alpha value is -1.61. The van der Waals surface area contributed by atoms with Gasteiger partial charge in [0.25, 0.3) is 0 Å². The van der Waals surface area contributed by atoms with Crippen molar-refractivity contribution in [3.8, 4) is 0 Å². The summed E-state index contributed by atoms with van der Waals surface area (Å²) in [5, 5.41) is 3.12. The van der Waals surface area contributed by atoms with E-state index >= 15 is 0 Å². The predicted octanol–water partition coefficient (Wildman–Crippen LogP) is 2.37. The van der Waals surface area contributed by atoms with Gasteiger partial charge in [0.2, 0.25) is 0 Å². The fourth-order valence-corrected chi connectivity index (χ4v) is 1.66. The third kappa shape index (κ3) is 3.71. The van der Waals surface area contributed by atoms with E-state index in [4.69, 9.17) is 4.74 Å². The highest BCUT2D eigenvalue weighted by atomic mass is 16.5. The Morgan fingerprint density at radius 1 is 1.53 bits per heavy atom. The molecule has 0 aromatic heterocycles. The van der Waals surface area contributed by atoms with Gasteiger partial charge in [0, 0.05) is 6.54 Å². The van der Waals surface area contributed by atoms with E-state index in [1.165, 1.54) is 0 Å². The van der Waals surface area contributed by atoms with Crippen molar-refractivity contribution >= 4 is 5.97 Å². The van der Waals surface area contributed by atoms with Crippen LogP contribution < -0.4 is 5.32 Å². The molecule has 1 N–H and O–H groups in total. The smallest absolute Gasteiger partial charge is 0.327 e. The van der Waals surface area contributed by atoms with E-state index in [1.807, 2.05) is 31.2 Å². The third-order valence-corrected chi connectivity index (χ3v) is 2.49. The van der Waals surface area contributed by atoms with Crippen LogP contribution in [0.15, 0.2) is 36.9 Å². The van der Waals surface area contributed by atoms with Crippen LogP contribution in [-0.2, 0) is 9.53 Å². The maximum Gasteiger partial charge on any atom is 0.327 e. The number of aryl methyl sites for hydroxylation is 1. The standard InChI is InChI=1S/C14H19NO2/c1-4-10-15-13(14(16)17-5-2)12-9-7-6-8-11(12)3/h4,6-9,13,15H,1,5,10H2,2-3H3. The average Bonchev–Trinajstić information content (AvgIpc) is 2.32. The van der Waals surface area contributed by atoms with E-state index in [0.717, 1.165) is 11.1 Å². The maximum atomic E-state index is 11.9. The van der Waals surface area contributed by atoms with E-state index in [1.54, 1.807) is 13.0 Å². The van der Waals surface area contributed by atoms with E-state index in [2.05, 4.69) is 11.9 Å². The molecular weight excluding hydrogens is 214 g/mol. The van der Waals surface area contributed by atoms with Crippen LogP contribution in [0.1, 0.15) is 24.1 Å². The van der Waals surface area contributed by atoms with E-state index < -0.39 is 6.04 Å². The molecule has 1 aromatic carbocycles. The number of benzene rings is 1. The van der Waals surface area contributed by atoms with Crippen LogP contribution in [0.2, 0.25) is 0 Å². The lowest BCUT2D eigenvalue weighted by Gasteiger charge is -2.18. The van der Waals surface area contributed by atoms with Gasteiger partial charge in [-0.2, -0.15) is 0 Å². The molecule has 0 saturated carbocycles. The lowest BCUT2D eigenvalue weighted by molar-refractivity contribution is -0.145. The van der Waals surface area contributed by atoms with Gasteiger partial charge in [-0.05, 0) is 25.0 Å².